The Morgan fingerprint density at radius 1 is 1.40 bits per heavy atom. The number of sulfonamides is 1. The molecule has 1 aliphatic rings. The first kappa shape index (κ1) is 15.3. The highest BCUT2D eigenvalue weighted by Crippen LogP contribution is 2.27. The first-order valence-electron chi connectivity index (χ1n) is 6.73. The van der Waals surface area contributed by atoms with Crippen molar-refractivity contribution >= 4 is 15.7 Å². The van der Waals surface area contributed by atoms with Crippen LogP contribution in [0.3, 0.4) is 0 Å². The molecular formula is C14H22N2O3S. The lowest BCUT2D eigenvalue weighted by Gasteiger charge is -2.38. The van der Waals surface area contributed by atoms with Crippen LogP contribution < -0.4 is 5.73 Å². The van der Waals surface area contributed by atoms with E-state index in [1.54, 1.807) is 31.4 Å². The molecule has 20 heavy (non-hydrogen) atoms. The van der Waals surface area contributed by atoms with Crippen LogP contribution >= 0.6 is 0 Å². The Morgan fingerprint density at radius 2 is 2.10 bits per heavy atom. The minimum atomic E-state index is -3.37. The summed E-state index contributed by atoms with van der Waals surface area (Å²) in [6.07, 6.45) is 1.69. The molecule has 6 heteroatoms. The van der Waals surface area contributed by atoms with Gasteiger partial charge in [-0.05, 0) is 31.4 Å². The fraction of sp³-hybridized carbons (Fsp3) is 0.571. The molecule has 0 saturated carbocycles. The molecule has 1 aromatic rings. The smallest absolute Gasteiger partial charge is 0.218 e. The van der Waals surface area contributed by atoms with Crippen molar-refractivity contribution in [2.24, 2.45) is 0 Å². The minimum absolute atomic E-state index is 0.0561. The van der Waals surface area contributed by atoms with Crippen LogP contribution in [0, 0.1) is 0 Å². The number of nitrogens with two attached hydrogens (primary N) is 1. The van der Waals surface area contributed by atoms with E-state index in [1.807, 2.05) is 6.92 Å². The van der Waals surface area contributed by atoms with Gasteiger partial charge in [-0.2, -0.15) is 4.31 Å². The van der Waals surface area contributed by atoms with E-state index in [0.717, 1.165) is 12.8 Å². The van der Waals surface area contributed by atoms with Crippen LogP contribution in [0.4, 0.5) is 5.69 Å². The molecule has 1 heterocycles. The van der Waals surface area contributed by atoms with Gasteiger partial charge < -0.3 is 10.5 Å². The number of hydrogen-bond acceptors (Lipinski definition) is 4. The zero-order chi connectivity index (χ0) is 14.8. The van der Waals surface area contributed by atoms with Gasteiger partial charge in [-0.3, -0.25) is 0 Å². The van der Waals surface area contributed by atoms with Crippen LogP contribution in [-0.2, 0) is 20.5 Å². The average molecular weight is 298 g/mol. The molecular weight excluding hydrogens is 276 g/mol. The molecule has 0 radical (unpaired) electrons. The van der Waals surface area contributed by atoms with Gasteiger partial charge in [-0.25, -0.2) is 8.42 Å². The van der Waals surface area contributed by atoms with E-state index >= 15 is 0 Å². The number of anilines is 1. The third-order valence-corrected chi connectivity index (χ3v) is 5.68. The molecule has 0 aromatic heterocycles. The first-order chi connectivity index (χ1) is 9.36. The summed E-state index contributed by atoms with van der Waals surface area (Å²) in [5.41, 5.74) is 6.60. The molecule has 112 valence electrons. The third kappa shape index (κ3) is 3.31. The minimum Gasteiger partial charge on any atom is -0.398 e. The van der Waals surface area contributed by atoms with Gasteiger partial charge in [-0.15, -0.1) is 0 Å². The Bertz CT molecular complexity index is 574. The van der Waals surface area contributed by atoms with E-state index in [0.29, 0.717) is 24.3 Å². The van der Waals surface area contributed by atoms with Crippen molar-refractivity contribution in [2.75, 3.05) is 25.9 Å². The van der Waals surface area contributed by atoms with Gasteiger partial charge in [0.15, 0.2) is 0 Å². The molecule has 1 unspecified atom stereocenters. The molecule has 1 atom stereocenters. The van der Waals surface area contributed by atoms with Gasteiger partial charge in [-0.1, -0.05) is 18.2 Å². The van der Waals surface area contributed by atoms with Crippen LogP contribution in [0.2, 0.25) is 0 Å². The number of piperidine rings is 1. The lowest BCUT2D eigenvalue weighted by atomic mass is 9.96. The molecule has 0 spiro atoms. The lowest BCUT2D eigenvalue weighted by molar-refractivity contribution is -0.0319. The number of hydrogen-bond donors (Lipinski definition) is 1. The number of ether oxygens (including phenoxy) is 1. The van der Waals surface area contributed by atoms with Gasteiger partial charge in [0.1, 0.15) is 0 Å². The topological polar surface area (TPSA) is 72.6 Å². The van der Waals surface area contributed by atoms with E-state index in [4.69, 9.17) is 10.5 Å². The van der Waals surface area contributed by atoms with Crippen LogP contribution in [0.5, 0.6) is 0 Å². The fourth-order valence-electron chi connectivity index (χ4n) is 2.52. The highest BCUT2D eigenvalue weighted by atomic mass is 32.2. The number of nitrogens with zero attached hydrogens (tertiary/aromatic N) is 1. The van der Waals surface area contributed by atoms with Gasteiger partial charge in [0, 0.05) is 25.9 Å². The summed E-state index contributed by atoms with van der Waals surface area (Å²) in [6, 6.07) is 7.08. The summed E-state index contributed by atoms with van der Waals surface area (Å²) in [4.78, 5) is 0. The van der Waals surface area contributed by atoms with Crippen molar-refractivity contribution in [3.05, 3.63) is 29.8 Å². The molecule has 2 N–H and O–H groups in total. The van der Waals surface area contributed by atoms with Crippen LogP contribution in [0.1, 0.15) is 25.3 Å². The predicted molar refractivity (Wildman–Crippen MR) is 79.7 cm³/mol. The predicted octanol–water partition coefficient (Wildman–Crippen LogP) is 1.60. The Balaban J connectivity index is 2.17. The van der Waals surface area contributed by atoms with Crippen molar-refractivity contribution in [2.45, 2.75) is 31.1 Å². The Kier molecular flexibility index (Phi) is 4.36. The second kappa shape index (κ2) is 5.71. The summed E-state index contributed by atoms with van der Waals surface area (Å²) >= 11 is 0. The number of rotatable bonds is 4. The summed E-state index contributed by atoms with van der Waals surface area (Å²) < 4.78 is 32.0. The molecule has 5 nitrogen and oxygen atoms in total. The zero-order valence-corrected chi connectivity index (χ0v) is 12.8. The Morgan fingerprint density at radius 3 is 2.75 bits per heavy atom. The zero-order valence-electron chi connectivity index (χ0n) is 12.0. The second-order valence-corrected chi connectivity index (χ2v) is 7.52. The Labute approximate surface area is 120 Å². The van der Waals surface area contributed by atoms with Crippen LogP contribution in [0.15, 0.2) is 24.3 Å². The maximum atomic E-state index is 12.5. The third-order valence-electron chi connectivity index (χ3n) is 3.90. The molecule has 2 rings (SSSR count). The molecule has 1 fully saturated rings. The molecule has 1 saturated heterocycles. The molecule has 0 amide bonds. The van der Waals surface area contributed by atoms with Gasteiger partial charge in [0.25, 0.3) is 0 Å². The second-order valence-electron chi connectivity index (χ2n) is 5.55. The summed E-state index contributed by atoms with van der Waals surface area (Å²) in [5, 5.41) is 0. The van der Waals surface area contributed by atoms with E-state index in [1.165, 1.54) is 4.31 Å². The highest BCUT2D eigenvalue weighted by Gasteiger charge is 2.36. The molecule has 0 aliphatic carbocycles. The number of para-hydroxylation sites is 1. The van der Waals surface area contributed by atoms with E-state index < -0.39 is 15.6 Å². The number of methoxy groups -OCH3 is 1. The SMILES string of the molecule is COC1(C)CCCN(S(=O)(=O)Cc2ccccc2N)C1. The lowest BCUT2D eigenvalue weighted by Crippen LogP contribution is -2.49. The fourth-order valence-corrected chi connectivity index (χ4v) is 4.23. The van der Waals surface area contributed by atoms with Gasteiger partial charge in [0.05, 0.1) is 11.4 Å². The molecule has 0 bridgehead atoms. The van der Waals surface area contributed by atoms with Crippen molar-refractivity contribution in [3.8, 4) is 0 Å². The highest BCUT2D eigenvalue weighted by molar-refractivity contribution is 7.88. The van der Waals surface area contributed by atoms with E-state index in [2.05, 4.69) is 0 Å². The van der Waals surface area contributed by atoms with Gasteiger partial charge >= 0.3 is 0 Å². The summed E-state index contributed by atoms with van der Waals surface area (Å²) in [7, 11) is -1.74. The quantitative estimate of drug-likeness (QED) is 0.857. The van der Waals surface area contributed by atoms with Crippen molar-refractivity contribution in [1.29, 1.82) is 0 Å². The maximum Gasteiger partial charge on any atom is 0.218 e. The van der Waals surface area contributed by atoms with Crippen LogP contribution in [0.25, 0.3) is 0 Å². The summed E-state index contributed by atoms with van der Waals surface area (Å²) in [6.45, 7) is 2.90. The van der Waals surface area contributed by atoms with E-state index in [-0.39, 0.29) is 5.75 Å². The van der Waals surface area contributed by atoms with E-state index in [9.17, 15) is 8.42 Å². The maximum absolute atomic E-state index is 12.5. The van der Waals surface area contributed by atoms with Crippen molar-refractivity contribution in [3.63, 3.8) is 0 Å². The molecule has 1 aliphatic heterocycles. The van der Waals surface area contributed by atoms with Crippen LogP contribution in [-0.4, -0.2) is 38.5 Å². The van der Waals surface area contributed by atoms with Gasteiger partial charge in [0.2, 0.25) is 10.0 Å². The largest absolute Gasteiger partial charge is 0.398 e. The molecule has 1 aromatic carbocycles. The number of nitrogen functional groups attached to an aromatic ring is 1. The van der Waals surface area contributed by atoms with Crippen molar-refractivity contribution < 1.29 is 13.2 Å². The normalized spacial score (nSPS) is 24.7. The number of benzene rings is 1. The monoisotopic (exact) mass is 298 g/mol. The first-order valence-corrected chi connectivity index (χ1v) is 8.34. The summed E-state index contributed by atoms with van der Waals surface area (Å²) in [5.74, 6) is -0.0561. The Hall–Kier alpha value is -1.11. The van der Waals surface area contributed by atoms with Crippen molar-refractivity contribution in [1.82, 2.24) is 4.31 Å². The standard InChI is InChI=1S/C14H22N2O3S/c1-14(19-2)8-5-9-16(11-14)20(17,18)10-12-6-3-4-7-13(12)15/h3-4,6-7H,5,8-11,15H2,1-2H3. The average Bonchev–Trinajstić information content (AvgIpc) is 2.41.